The Morgan fingerprint density at radius 3 is 2.96 bits per heavy atom. The average Bonchev–Trinajstić information content (AvgIpc) is 3.41. The Morgan fingerprint density at radius 1 is 1.19 bits per heavy atom. The van der Waals surface area contributed by atoms with Gasteiger partial charge >= 0.3 is 6.03 Å². The van der Waals surface area contributed by atoms with Crippen LogP contribution in [0.5, 0.6) is 0 Å². The van der Waals surface area contributed by atoms with Crippen LogP contribution in [0.15, 0.2) is 52.8 Å². The molecule has 0 aliphatic carbocycles. The van der Waals surface area contributed by atoms with E-state index in [-0.39, 0.29) is 12.6 Å². The van der Waals surface area contributed by atoms with Crippen molar-refractivity contribution in [3.8, 4) is 17.1 Å². The van der Waals surface area contributed by atoms with Crippen LogP contribution in [0.1, 0.15) is 5.69 Å². The molecule has 0 saturated carbocycles. The molecule has 0 aliphatic heterocycles. The second kappa shape index (κ2) is 7.42. The molecule has 0 radical (unpaired) electrons. The van der Waals surface area contributed by atoms with Gasteiger partial charge in [0.2, 0.25) is 0 Å². The number of carbonyl (C=O) groups excluding carboxylic acids is 1. The third-order valence-electron chi connectivity index (χ3n) is 3.39. The van der Waals surface area contributed by atoms with Crippen molar-refractivity contribution < 1.29 is 4.79 Å². The minimum atomic E-state index is -0.350. The highest BCUT2D eigenvalue weighted by molar-refractivity contribution is 7.14. The Balaban J connectivity index is 1.33. The molecule has 2 amide bonds. The number of hydrogen-bond acceptors (Lipinski definition) is 7. The summed E-state index contributed by atoms with van der Waals surface area (Å²) in [5.74, 6) is 0. The summed E-state index contributed by atoms with van der Waals surface area (Å²) in [6.45, 7) is 0.272. The van der Waals surface area contributed by atoms with Crippen molar-refractivity contribution in [3.63, 3.8) is 0 Å². The minimum absolute atomic E-state index is 0.272. The lowest BCUT2D eigenvalue weighted by Crippen LogP contribution is -2.28. The van der Waals surface area contributed by atoms with Crippen LogP contribution in [0.2, 0.25) is 0 Å². The maximum absolute atomic E-state index is 12.0. The summed E-state index contributed by atoms with van der Waals surface area (Å²) in [6.07, 6.45) is 3.49. The summed E-state index contributed by atoms with van der Waals surface area (Å²) in [6, 6.07) is 7.21. The first kappa shape index (κ1) is 16.4. The molecule has 2 N–H and O–H groups in total. The Labute approximate surface area is 156 Å². The smallest absolute Gasteiger partial charge is 0.321 e. The summed E-state index contributed by atoms with van der Waals surface area (Å²) in [7, 11) is 0. The van der Waals surface area contributed by atoms with Gasteiger partial charge in [-0.2, -0.15) is 11.3 Å². The van der Waals surface area contributed by atoms with Crippen molar-refractivity contribution in [2.75, 3.05) is 5.32 Å². The number of urea groups is 1. The molecular weight excluding hydrogens is 370 g/mol. The average molecular weight is 383 g/mol. The lowest BCUT2D eigenvalue weighted by atomic mass is 10.3. The van der Waals surface area contributed by atoms with Crippen LogP contribution in [-0.4, -0.2) is 31.0 Å². The minimum Gasteiger partial charge on any atom is -0.332 e. The van der Waals surface area contributed by atoms with Crippen molar-refractivity contribution in [1.29, 1.82) is 0 Å². The van der Waals surface area contributed by atoms with Crippen LogP contribution in [0.25, 0.3) is 17.1 Å². The highest BCUT2D eigenvalue weighted by Crippen LogP contribution is 2.22. The number of pyridine rings is 1. The molecule has 4 aromatic heterocycles. The number of thiazole rings is 1. The van der Waals surface area contributed by atoms with E-state index in [1.165, 1.54) is 11.3 Å². The molecule has 0 atom stereocenters. The second-order valence-electron chi connectivity index (χ2n) is 5.20. The van der Waals surface area contributed by atoms with Gasteiger partial charge in [-0.1, -0.05) is 11.3 Å². The highest BCUT2D eigenvalue weighted by Gasteiger charge is 2.09. The van der Waals surface area contributed by atoms with E-state index >= 15 is 0 Å². The summed E-state index contributed by atoms with van der Waals surface area (Å²) in [5, 5.41) is 19.8. The number of nitrogens with one attached hydrogen (secondary N) is 2. The lowest BCUT2D eigenvalue weighted by molar-refractivity contribution is 0.251. The molecule has 10 heteroatoms. The van der Waals surface area contributed by atoms with Gasteiger partial charge in [0.05, 0.1) is 24.1 Å². The van der Waals surface area contributed by atoms with E-state index < -0.39 is 0 Å². The molecule has 26 heavy (non-hydrogen) atoms. The van der Waals surface area contributed by atoms with Gasteiger partial charge in [-0.15, -0.1) is 16.4 Å². The number of carbonyl (C=O) groups is 1. The summed E-state index contributed by atoms with van der Waals surface area (Å²) < 4.78 is 1.67. The van der Waals surface area contributed by atoms with Gasteiger partial charge in [-0.3, -0.25) is 10.3 Å². The monoisotopic (exact) mass is 383 g/mol. The Bertz CT molecular complexity index is 995. The fourth-order valence-electron chi connectivity index (χ4n) is 2.17. The Morgan fingerprint density at radius 2 is 2.15 bits per heavy atom. The van der Waals surface area contributed by atoms with E-state index in [9.17, 15) is 4.79 Å². The fourth-order valence-corrected chi connectivity index (χ4v) is 3.49. The third kappa shape index (κ3) is 3.76. The molecule has 0 bridgehead atoms. The maximum atomic E-state index is 12.0. The van der Waals surface area contributed by atoms with Crippen molar-refractivity contribution in [2.45, 2.75) is 6.54 Å². The normalized spacial score (nSPS) is 10.6. The van der Waals surface area contributed by atoms with Crippen molar-refractivity contribution in [2.24, 2.45) is 0 Å². The summed E-state index contributed by atoms with van der Waals surface area (Å²) in [5.41, 5.74) is 3.11. The molecule has 0 saturated heterocycles. The molecule has 4 aromatic rings. The van der Waals surface area contributed by atoms with Crippen LogP contribution in [-0.2, 0) is 6.54 Å². The van der Waals surface area contributed by atoms with Crippen LogP contribution < -0.4 is 10.6 Å². The first-order valence-corrected chi connectivity index (χ1v) is 9.46. The Kier molecular flexibility index (Phi) is 4.67. The standard InChI is InChI=1S/C16H13N7OS2/c24-15(18-7-11-8-23(22-21-11)12-4-6-25-9-12)20-16-19-14(10-26-16)13-3-1-2-5-17-13/h1-6,8-10H,7H2,(H2,18,19,20,24). The first-order valence-electron chi connectivity index (χ1n) is 7.63. The van der Waals surface area contributed by atoms with E-state index in [1.54, 1.807) is 28.4 Å². The zero-order valence-corrected chi connectivity index (χ0v) is 15.0. The van der Waals surface area contributed by atoms with Gasteiger partial charge in [0, 0.05) is 17.0 Å². The molecule has 0 unspecified atom stereocenters. The topological polar surface area (TPSA) is 97.6 Å². The predicted molar refractivity (Wildman–Crippen MR) is 100 cm³/mol. The van der Waals surface area contributed by atoms with E-state index in [0.717, 1.165) is 17.1 Å². The number of aromatic nitrogens is 5. The van der Waals surface area contributed by atoms with Gasteiger partial charge in [0.25, 0.3) is 0 Å². The molecule has 8 nitrogen and oxygen atoms in total. The largest absolute Gasteiger partial charge is 0.332 e. The van der Waals surface area contributed by atoms with Crippen LogP contribution >= 0.6 is 22.7 Å². The summed E-state index contributed by atoms with van der Waals surface area (Å²) >= 11 is 2.93. The second-order valence-corrected chi connectivity index (χ2v) is 6.83. The van der Waals surface area contributed by atoms with E-state index in [2.05, 4.69) is 30.9 Å². The molecule has 130 valence electrons. The first-order chi connectivity index (χ1) is 12.8. The lowest BCUT2D eigenvalue weighted by Gasteiger charge is -2.02. The van der Waals surface area contributed by atoms with Crippen LogP contribution in [0, 0.1) is 0 Å². The van der Waals surface area contributed by atoms with Gasteiger partial charge in [0.15, 0.2) is 5.13 Å². The van der Waals surface area contributed by atoms with Crippen molar-refractivity contribution >= 4 is 33.8 Å². The maximum Gasteiger partial charge on any atom is 0.321 e. The zero-order chi connectivity index (χ0) is 17.8. The van der Waals surface area contributed by atoms with Crippen LogP contribution in [0.3, 0.4) is 0 Å². The predicted octanol–water partition coefficient (Wildman–Crippen LogP) is 3.17. The van der Waals surface area contributed by atoms with Crippen LogP contribution in [0.4, 0.5) is 9.93 Å². The number of rotatable bonds is 5. The number of amides is 2. The molecule has 4 heterocycles. The fraction of sp³-hybridized carbons (Fsp3) is 0.0625. The highest BCUT2D eigenvalue weighted by atomic mass is 32.1. The van der Waals surface area contributed by atoms with Gasteiger partial charge in [-0.05, 0) is 23.6 Å². The summed E-state index contributed by atoms with van der Waals surface area (Å²) in [4.78, 5) is 20.6. The van der Waals surface area contributed by atoms with Crippen molar-refractivity contribution in [1.82, 2.24) is 30.3 Å². The zero-order valence-electron chi connectivity index (χ0n) is 13.4. The number of thiophene rings is 1. The Hall–Kier alpha value is -3.11. The SMILES string of the molecule is O=C(NCc1cn(-c2ccsc2)nn1)Nc1nc(-c2ccccn2)cs1. The number of nitrogens with zero attached hydrogens (tertiary/aromatic N) is 5. The molecule has 0 spiro atoms. The third-order valence-corrected chi connectivity index (χ3v) is 4.82. The molecule has 0 fully saturated rings. The molecule has 0 aromatic carbocycles. The van der Waals surface area contributed by atoms with Gasteiger partial charge in [-0.25, -0.2) is 14.5 Å². The van der Waals surface area contributed by atoms with E-state index in [0.29, 0.717) is 10.8 Å². The van der Waals surface area contributed by atoms with Crippen molar-refractivity contribution in [3.05, 3.63) is 58.5 Å². The molecular formula is C16H13N7OS2. The molecule has 0 aliphatic rings. The number of hydrogen-bond donors (Lipinski definition) is 2. The van der Waals surface area contributed by atoms with E-state index in [1.807, 2.05) is 40.4 Å². The van der Waals surface area contributed by atoms with Gasteiger partial charge in [0.1, 0.15) is 11.4 Å². The van der Waals surface area contributed by atoms with Gasteiger partial charge < -0.3 is 5.32 Å². The molecule has 4 rings (SSSR count). The number of anilines is 1. The van der Waals surface area contributed by atoms with E-state index in [4.69, 9.17) is 0 Å². The quantitative estimate of drug-likeness (QED) is 0.552.